The van der Waals surface area contributed by atoms with Crippen molar-refractivity contribution < 1.29 is 27.1 Å². The predicted octanol–water partition coefficient (Wildman–Crippen LogP) is 2.98. The number of halogens is 1. The lowest BCUT2D eigenvalue weighted by atomic mass is 10.1. The Bertz CT molecular complexity index is 1110. The minimum atomic E-state index is -3.74. The van der Waals surface area contributed by atoms with Crippen molar-refractivity contribution in [1.29, 1.82) is 0 Å². The van der Waals surface area contributed by atoms with Crippen LogP contribution in [0.5, 0.6) is 5.75 Å². The summed E-state index contributed by atoms with van der Waals surface area (Å²) >= 11 is 0. The van der Waals surface area contributed by atoms with Gasteiger partial charge in [0.25, 0.3) is 0 Å². The van der Waals surface area contributed by atoms with Crippen LogP contribution in [0.3, 0.4) is 0 Å². The molecule has 0 saturated carbocycles. The molecule has 2 aromatic carbocycles. The van der Waals surface area contributed by atoms with Gasteiger partial charge in [-0.05, 0) is 42.5 Å². The second-order valence-corrected chi connectivity index (χ2v) is 7.80. The van der Waals surface area contributed by atoms with Crippen LogP contribution in [0.25, 0.3) is 16.9 Å². The van der Waals surface area contributed by atoms with Crippen molar-refractivity contribution in [2.24, 2.45) is 0 Å². The zero-order valence-electron chi connectivity index (χ0n) is 15.1. The largest absolute Gasteiger partial charge is 0.494 e. The van der Waals surface area contributed by atoms with E-state index in [-0.39, 0.29) is 10.6 Å². The second kappa shape index (κ2) is 7.81. The standard InChI is InChI=1S/C19H17FN2O5S/c1-13(23)27-12-28(24,25)16-6-4-15(5-7-16)22-11-21-10-18(22)14-3-8-17(20)19(9-14)26-2/h3-11H,12H2,1-2H3. The molecule has 1 heterocycles. The summed E-state index contributed by atoms with van der Waals surface area (Å²) in [6.45, 7) is 1.14. The third-order valence-electron chi connectivity index (χ3n) is 3.98. The van der Waals surface area contributed by atoms with Gasteiger partial charge in [-0.15, -0.1) is 0 Å². The van der Waals surface area contributed by atoms with Crippen LogP contribution in [0.15, 0.2) is 59.9 Å². The van der Waals surface area contributed by atoms with Gasteiger partial charge < -0.3 is 9.47 Å². The van der Waals surface area contributed by atoms with Crippen molar-refractivity contribution >= 4 is 15.8 Å². The molecule has 7 nitrogen and oxygen atoms in total. The molecule has 0 spiro atoms. The zero-order chi connectivity index (χ0) is 20.3. The Morgan fingerprint density at radius 1 is 1.18 bits per heavy atom. The van der Waals surface area contributed by atoms with Crippen LogP contribution in [-0.4, -0.2) is 37.0 Å². The molecule has 0 amide bonds. The van der Waals surface area contributed by atoms with Gasteiger partial charge in [-0.2, -0.15) is 0 Å². The fourth-order valence-corrected chi connectivity index (χ4v) is 3.58. The van der Waals surface area contributed by atoms with Gasteiger partial charge in [-0.1, -0.05) is 0 Å². The van der Waals surface area contributed by atoms with Crippen molar-refractivity contribution in [2.75, 3.05) is 13.0 Å². The lowest BCUT2D eigenvalue weighted by Gasteiger charge is -2.11. The molecule has 0 N–H and O–H groups in total. The smallest absolute Gasteiger partial charge is 0.303 e. The summed E-state index contributed by atoms with van der Waals surface area (Å²) in [6.07, 6.45) is 3.17. The van der Waals surface area contributed by atoms with Gasteiger partial charge in [0, 0.05) is 18.2 Å². The highest BCUT2D eigenvalue weighted by molar-refractivity contribution is 7.91. The summed E-state index contributed by atoms with van der Waals surface area (Å²) in [5, 5.41) is 0. The Labute approximate surface area is 161 Å². The summed E-state index contributed by atoms with van der Waals surface area (Å²) < 4.78 is 49.4. The molecule has 1 aromatic heterocycles. The van der Waals surface area contributed by atoms with E-state index < -0.39 is 27.6 Å². The van der Waals surface area contributed by atoms with Crippen LogP contribution >= 0.6 is 0 Å². The third-order valence-corrected chi connectivity index (χ3v) is 5.40. The van der Waals surface area contributed by atoms with Crippen LogP contribution < -0.4 is 4.74 Å². The van der Waals surface area contributed by atoms with Crippen LogP contribution in [0.4, 0.5) is 4.39 Å². The molecule has 146 valence electrons. The van der Waals surface area contributed by atoms with Crippen molar-refractivity contribution in [3.05, 3.63) is 60.8 Å². The molecule has 0 aliphatic rings. The van der Waals surface area contributed by atoms with Gasteiger partial charge in [0.1, 0.15) is 0 Å². The van der Waals surface area contributed by atoms with Gasteiger partial charge in [-0.25, -0.2) is 17.8 Å². The average molecular weight is 404 g/mol. The maximum absolute atomic E-state index is 13.7. The summed E-state index contributed by atoms with van der Waals surface area (Å²) in [7, 11) is -2.36. The number of hydrogen-bond acceptors (Lipinski definition) is 6. The van der Waals surface area contributed by atoms with Gasteiger partial charge in [0.05, 0.1) is 30.2 Å². The van der Waals surface area contributed by atoms with E-state index in [2.05, 4.69) is 9.72 Å². The van der Waals surface area contributed by atoms with Crippen molar-refractivity contribution in [3.8, 4) is 22.7 Å². The summed E-state index contributed by atoms with van der Waals surface area (Å²) in [5.41, 5.74) is 2.01. The number of hydrogen-bond donors (Lipinski definition) is 0. The van der Waals surface area contributed by atoms with E-state index in [4.69, 9.17) is 4.74 Å². The number of ether oxygens (including phenoxy) is 2. The van der Waals surface area contributed by atoms with Gasteiger partial charge in [-0.3, -0.25) is 9.36 Å². The molecule has 0 atom stereocenters. The molecule has 0 aliphatic heterocycles. The minimum Gasteiger partial charge on any atom is -0.494 e. The first kappa shape index (κ1) is 19.6. The molecule has 28 heavy (non-hydrogen) atoms. The van der Waals surface area contributed by atoms with E-state index >= 15 is 0 Å². The summed E-state index contributed by atoms with van der Waals surface area (Å²) in [5.74, 6) is -1.75. The maximum Gasteiger partial charge on any atom is 0.303 e. The number of imidazole rings is 1. The van der Waals surface area contributed by atoms with Crippen molar-refractivity contribution in [2.45, 2.75) is 11.8 Å². The number of rotatable bonds is 6. The molecule has 0 aliphatic carbocycles. The topological polar surface area (TPSA) is 87.5 Å². The monoisotopic (exact) mass is 404 g/mol. The summed E-state index contributed by atoms with van der Waals surface area (Å²) in [4.78, 5) is 15.0. The molecule has 3 rings (SSSR count). The SMILES string of the molecule is COc1cc(-c2cncn2-c2ccc(S(=O)(=O)COC(C)=O)cc2)ccc1F. The fraction of sp³-hybridized carbons (Fsp3) is 0.158. The van der Waals surface area contributed by atoms with E-state index in [0.29, 0.717) is 16.9 Å². The fourth-order valence-electron chi connectivity index (χ4n) is 2.58. The quantitative estimate of drug-likeness (QED) is 0.587. The number of carbonyl (C=O) groups excluding carboxylic acids is 1. The van der Waals surface area contributed by atoms with Crippen molar-refractivity contribution in [3.63, 3.8) is 0 Å². The summed E-state index contributed by atoms with van der Waals surface area (Å²) in [6, 6.07) is 10.5. The number of carbonyl (C=O) groups is 1. The molecule has 0 bridgehead atoms. The highest BCUT2D eigenvalue weighted by Gasteiger charge is 2.17. The van der Waals surface area contributed by atoms with Gasteiger partial charge in [0.15, 0.2) is 17.5 Å². The molecule has 3 aromatic rings. The van der Waals surface area contributed by atoms with E-state index in [1.807, 2.05) is 0 Å². The number of sulfone groups is 1. The molecule has 0 radical (unpaired) electrons. The predicted molar refractivity (Wildman–Crippen MR) is 99.3 cm³/mol. The first-order valence-electron chi connectivity index (χ1n) is 8.14. The van der Waals surface area contributed by atoms with Crippen molar-refractivity contribution in [1.82, 2.24) is 9.55 Å². The Kier molecular flexibility index (Phi) is 5.46. The zero-order valence-corrected chi connectivity index (χ0v) is 15.9. The molecule has 0 unspecified atom stereocenters. The van der Waals surface area contributed by atoms with E-state index in [1.165, 1.54) is 25.3 Å². The lowest BCUT2D eigenvalue weighted by Crippen LogP contribution is -2.12. The van der Waals surface area contributed by atoms with Gasteiger partial charge >= 0.3 is 5.97 Å². The normalized spacial score (nSPS) is 11.2. The molecule has 0 fully saturated rings. The van der Waals surface area contributed by atoms with Crippen LogP contribution in [0.2, 0.25) is 0 Å². The number of nitrogens with zero attached hydrogens (tertiary/aromatic N) is 2. The maximum atomic E-state index is 13.7. The number of benzene rings is 2. The Balaban J connectivity index is 1.92. The van der Waals surface area contributed by atoms with Crippen LogP contribution in [0, 0.1) is 5.82 Å². The first-order valence-corrected chi connectivity index (χ1v) is 9.80. The Morgan fingerprint density at radius 3 is 2.54 bits per heavy atom. The number of aromatic nitrogens is 2. The van der Waals surface area contributed by atoms with E-state index in [0.717, 1.165) is 6.92 Å². The number of esters is 1. The second-order valence-electron chi connectivity index (χ2n) is 5.86. The van der Waals surface area contributed by atoms with Gasteiger partial charge in [0.2, 0.25) is 9.84 Å². The Morgan fingerprint density at radius 2 is 1.89 bits per heavy atom. The van der Waals surface area contributed by atoms with E-state index in [9.17, 15) is 17.6 Å². The van der Waals surface area contributed by atoms with E-state index in [1.54, 1.807) is 41.4 Å². The molecule has 0 saturated heterocycles. The van der Waals surface area contributed by atoms with Crippen LogP contribution in [-0.2, 0) is 19.4 Å². The number of methoxy groups -OCH3 is 1. The highest BCUT2D eigenvalue weighted by Crippen LogP contribution is 2.28. The minimum absolute atomic E-state index is 0.0302. The molecular weight excluding hydrogens is 387 g/mol. The molecule has 9 heteroatoms. The van der Waals surface area contributed by atoms with Crippen LogP contribution in [0.1, 0.15) is 6.92 Å². The molecular formula is C19H17FN2O5S. The first-order chi connectivity index (χ1) is 13.3. The third kappa shape index (κ3) is 4.04. The highest BCUT2D eigenvalue weighted by atomic mass is 32.2. The lowest BCUT2D eigenvalue weighted by molar-refractivity contribution is -0.138. The Hall–Kier alpha value is -3.20. The average Bonchev–Trinajstić information content (AvgIpc) is 3.17.